The summed E-state index contributed by atoms with van der Waals surface area (Å²) in [6.07, 6.45) is 0.639. The molecule has 1 fully saturated rings. The van der Waals surface area contributed by atoms with Gasteiger partial charge in [-0.3, -0.25) is 9.59 Å². The number of benzene rings is 2. The summed E-state index contributed by atoms with van der Waals surface area (Å²) in [4.78, 5) is 26.5. The minimum atomic E-state index is -0.433. The summed E-state index contributed by atoms with van der Waals surface area (Å²) in [5.74, 6) is 1.67. The van der Waals surface area contributed by atoms with E-state index in [0.29, 0.717) is 36.0 Å². The van der Waals surface area contributed by atoms with Gasteiger partial charge in [-0.1, -0.05) is 35.9 Å². The molecule has 1 aliphatic rings. The van der Waals surface area contributed by atoms with Gasteiger partial charge in [0.25, 0.3) is 0 Å². The Morgan fingerprint density at radius 1 is 1.25 bits per heavy atom. The van der Waals surface area contributed by atoms with Crippen molar-refractivity contribution in [2.75, 3.05) is 19.4 Å². The molecule has 2 aromatic carbocycles. The van der Waals surface area contributed by atoms with Crippen molar-refractivity contribution in [2.24, 2.45) is 0 Å². The van der Waals surface area contributed by atoms with Crippen molar-refractivity contribution in [3.8, 4) is 5.75 Å². The number of ether oxygens (including phenoxy) is 1. The van der Waals surface area contributed by atoms with E-state index in [1.165, 1.54) is 11.8 Å². The van der Waals surface area contributed by atoms with Gasteiger partial charge >= 0.3 is 0 Å². The topological polar surface area (TPSA) is 58.6 Å². The van der Waals surface area contributed by atoms with Crippen molar-refractivity contribution in [2.45, 2.75) is 24.8 Å². The summed E-state index contributed by atoms with van der Waals surface area (Å²) in [6.45, 7) is 1.18. The number of hydrogen-bond donors (Lipinski definition) is 1. The van der Waals surface area contributed by atoms with Crippen LogP contribution in [-0.4, -0.2) is 42.2 Å². The Morgan fingerprint density at radius 3 is 2.75 bits per heavy atom. The van der Waals surface area contributed by atoms with E-state index in [1.807, 2.05) is 48.5 Å². The number of methoxy groups -OCH3 is 1. The molecule has 0 aromatic heterocycles. The molecule has 0 saturated carbocycles. The molecule has 2 amide bonds. The maximum Gasteiger partial charge on any atom is 0.245 e. The van der Waals surface area contributed by atoms with Crippen LogP contribution in [0.2, 0.25) is 5.02 Å². The van der Waals surface area contributed by atoms with Crippen molar-refractivity contribution in [3.05, 3.63) is 64.7 Å². The van der Waals surface area contributed by atoms with Crippen molar-refractivity contribution >= 4 is 35.2 Å². The molecular weight excluding hydrogens is 396 g/mol. The van der Waals surface area contributed by atoms with Crippen LogP contribution >= 0.6 is 23.4 Å². The largest absolute Gasteiger partial charge is 0.497 e. The number of hydrogen-bond acceptors (Lipinski definition) is 4. The fourth-order valence-electron chi connectivity index (χ4n) is 3.11. The summed E-state index contributed by atoms with van der Waals surface area (Å²) < 4.78 is 5.15. The first-order valence-corrected chi connectivity index (χ1v) is 10.6. The second-order valence-electron chi connectivity index (χ2n) is 6.64. The van der Waals surface area contributed by atoms with Gasteiger partial charge in [0.2, 0.25) is 11.8 Å². The zero-order valence-corrected chi connectivity index (χ0v) is 17.3. The van der Waals surface area contributed by atoms with Gasteiger partial charge in [0.15, 0.2) is 0 Å². The molecule has 1 saturated heterocycles. The Kier molecular flexibility index (Phi) is 7.23. The maximum absolute atomic E-state index is 12.6. The first-order valence-electron chi connectivity index (χ1n) is 9.08. The van der Waals surface area contributed by atoms with E-state index in [-0.39, 0.29) is 11.8 Å². The van der Waals surface area contributed by atoms with Gasteiger partial charge in [0.1, 0.15) is 11.8 Å². The molecule has 0 spiro atoms. The number of amides is 2. The molecule has 0 aliphatic carbocycles. The van der Waals surface area contributed by atoms with Gasteiger partial charge in [0.05, 0.1) is 12.9 Å². The fourth-order valence-corrected chi connectivity index (χ4v) is 4.10. The molecule has 1 aliphatic heterocycles. The number of nitrogens with one attached hydrogen (secondary N) is 1. The maximum atomic E-state index is 12.6. The third kappa shape index (κ3) is 5.66. The SMILES string of the molecule is COc1ccc(CN2CC[C@@H](NC(=O)CSCc3cccc(Cl)c3)C2=O)cc1. The van der Waals surface area contributed by atoms with Crippen LogP contribution < -0.4 is 10.1 Å². The lowest BCUT2D eigenvalue weighted by molar-refractivity contribution is -0.132. The second-order valence-corrected chi connectivity index (χ2v) is 8.06. The highest BCUT2D eigenvalue weighted by molar-refractivity contribution is 7.99. The predicted molar refractivity (Wildman–Crippen MR) is 113 cm³/mol. The minimum Gasteiger partial charge on any atom is -0.497 e. The normalized spacial score (nSPS) is 16.3. The Balaban J connectivity index is 1.43. The molecule has 1 N–H and O–H groups in total. The molecule has 7 heteroatoms. The number of halogens is 1. The molecule has 3 rings (SSSR count). The second kappa shape index (κ2) is 9.85. The third-order valence-electron chi connectivity index (χ3n) is 4.56. The van der Waals surface area contributed by atoms with Crippen molar-refractivity contribution < 1.29 is 14.3 Å². The van der Waals surface area contributed by atoms with Gasteiger partial charge in [0, 0.05) is 23.9 Å². The number of nitrogens with zero attached hydrogens (tertiary/aromatic N) is 1. The van der Waals surface area contributed by atoms with Crippen LogP contribution in [-0.2, 0) is 21.9 Å². The molecule has 148 valence electrons. The van der Waals surface area contributed by atoms with E-state index < -0.39 is 6.04 Å². The Labute approximate surface area is 174 Å². The lowest BCUT2D eigenvalue weighted by atomic mass is 10.2. The molecule has 2 aromatic rings. The van der Waals surface area contributed by atoms with Crippen LogP contribution in [0.5, 0.6) is 5.75 Å². The molecule has 0 unspecified atom stereocenters. The quantitative estimate of drug-likeness (QED) is 0.712. The lowest BCUT2D eigenvalue weighted by Gasteiger charge is -2.17. The average molecular weight is 419 g/mol. The van der Waals surface area contributed by atoms with Gasteiger partial charge in [-0.2, -0.15) is 0 Å². The van der Waals surface area contributed by atoms with E-state index in [4.69, 9.17) is 16.3 Å². The van der Waals surface area contributed by atoms with E-state index in [0.717, 1.165) is 16.9 Å². The Morgan fingerprint density at radius 2 is 2.04 bits per heavy atom. The summed E-state index contributed by atoms with van der Waals surface area (Å²) in [5, 5.41) is 3.55. The Bertz CT molecular complexity index is 829. The van der Waals surface area contributed by atoms with Crippen molar-refractivity contribution in [3.63, 3.8) is 0 Å². The number of likely N-dealkylation sites (tertiary alicyclic amines) is 1. The molecular formula is C21H23ClN2O3S. The molecule has 0 bridgehead atoms. The van der Waals surface area contributed by atoms with Gasteiger partial charge < -0.3 is 15.0 Å². The number of rotatable bonds is 8. The van der Waals surface area contributed by atoms with Crippen LogP contribution in [0.1, 0.15) is 17.5 Å². The highest BCUT2D eigenvalue weighted by Crippen LogP contribution is 2.19. The average Bonchev–Trinajstić information content (AvgIpc) is 3.02. The third-order valence-corrected chi connectivity index (χ3v) is 5.79. The number of carbonyl (C=O) groups excluding carboxylic acids is 2. The van der Waals surface area contributed by atoms with Gasteiger partial charge in [-0.15, -0.1) is 11.8 Å². The van der Waals surface area contributed by atoms with Crippen LogP contribution in [0.4, 0.5) is 0 Å². The van der Waals surface area contributed by atoms with Gasteiger partial charge in [-0.25, -0.2) is 0 Å². The minimum absolute atomic E-state index is 0.0241. The number of carbonyl (C=O) groups is 2. The molecule has 5 nitrogen and oxygen atoms in total. The van der Waals surface area contributed by atoms with E-state index in [9.17, 15) is 9.59 Å². The van der Waals surface area contributed by atoms with Crippen LogP contribution in [0.3, 0.4) is 0 Å². The molecule has 1 atom stereocenters. The van der Waals surface area contributed by atoms with E-state index >= 15 is 0 Å². The molecule has 28 heavy (non-hydrogen) atoms. The van der Waals surface area contributed by atoms with Crippen molar-refractivity contribution in [1.82, 2.24) is 10.2 Å². The van der Waals surface area contributed by atoms with Crippen LogP contribution in [0.15, 0.2) is 48.5 Å². The monoisotopic (exact) mass is 418 g/mol. The standard InChI is InChI=1S/C21H23ClN2O3S/c1-27-18-7-5-15(6-8-18)12-24-10-9-19(21(24)26)23-20(25)14-28-13-16-3-2-4-17(22)11-16/h2-8,11,19H,9-10,12-14H2,1H3,(H,23,25)/t19-/m1/s1. The van der Waals surface area contributed by atoms with Gasteiger partial charge in [-0.05, 0) is 41.8 Å². The summed E-state index contributed by atoms with van der Waals surface area (Å²) >= 11 is 7.47. The predicted octanol–water partition coefficient (Wildman–Crippen LogP) is 3.50. The first kappa shape index (κ1) is 20.6. The first-order chi connectivity index (χ1) is 13.5. The zero-order valence-electron chi connectivity index (χ0n) is 15.7. The highest BCUT2D eigenvalue weighted by atomic mass is 35.5. The van der Waals surface area contributed by atoms with E-state index in [1.54, 1.807) is 12.0 Å². The number of thioether (sulfide) groups is 1. The Hall–Kier alpha value is -2.18. The summed E-state index contributed by atoms with van der Waals surface area (Å²) in [7, 11) is 1.62. The summed E-state index contributed by atoms with van der Waals surface area (Å²) in [5.41, 5.74) is 2.12. The van der Waals surface area contributed by atoms with E-state index in [2.05, 4.69) is 5.32 Å². The van der Waals surface area contributed by atoms with Crippen LogP contribution in [0, 0.1) is 0 Å². The summed E-state index contributed by atoms with van der Waals surface area (Å²) in [6, 6.07) is 14.8. The van der Waals surface area contributed by atoms with Crippen molar-refractivity contribution in [1.29, 1.82) is 0 Å². The zero-order chi connectivity index (χ0) is 19.9. The lowest BCUT2D eigenvalue weighted by Crippen LogP contribution is -2.42. The molecule has 1 heterocycles. The smallest absolute Gasteiger partial charge is 0.245 e. The molecule has 0 radical (unpaired) electrons. The highest BCUT2D eigenvalue weighted by Gasteiger charge is 2.32. The fraction of sp³-hybridized carbons (Fsp3) is 0.333. The van der Waals surface area contributed by atoms with Crippen LogP contribution in [0.25, 0.3) is 0 Å².